The number of para-hydroxylation sites is 1. The number of rotatable bonds is 4. The molecule has 0 heterocycles. The molecule has 4 aromatic rings. The predicted octanol–water partition coefficient (Wildman–Crippen LogP) is 6.13. The van der Waals surface area contributed by atoms with Crippen LogP contribution in [-0.4, -0.2) is 18.1 Å². The average molecular weight is 404 g/mol. The summed E-state index contributed by atoms with van der Waals surface area (Å²) < 4.78 is 5.32. The largest absolute Gasteiger partial charge is 0.507 e. The number of phenolic OH excluding ortho intramolecular Hbond substituents is 1. The van der Waals surface area contributed by atoms with E-state index in [-0.39, 0.29) is 11.7 Å². The monoisotopic (exact) mass is 403 g/mol. The zero-order chi connectivity index (χ0) is 20.4. The van der Waals surface area contributed by atoms with Gasteiger partial charge in [0.1, 0.15) is 11.5 Å². The number of halogens is 1. The summed E-state index contributed by atoms with van der Waals surface area (Å²) in [6.45, 7) is 0. The summed E-state index contributed by atoms with van der Waals surface area (Å²) in [4.78, 5) is 12.8. The fourth-order valence-electron chi connectivity index (χ4n) is 3.31. The Morgan fingerprint density at radius 3 is 2.45 bits per heavy atom. The molecule has 29 heavy (non-hydrogen) atoms. The number of phenols is 1. The van der Waals surface area contributed by atoms with Crippen LogP contribution in [0.25, 0.3) is 21.9 Å². The first kappa shape index (κ1) is 18.8. The standard InChI is InChI=1S/C24H18ClNO3/c1-29-18-11-12-19-16(14-18)8-13-21(23(19)20-4-2-3-5-22(20)27)26-24(28)15-6-9-17(25)10-7-15/h2-14,27H,1H3,(H,26,28). The lowest BCUT2D eigenvalue weighted by molar-refractivity contribution is 0.102. The van der Waals surface area contributed by atoms with Gasteiger partial charge in [0.2, 0.25) is 0 Å². The highest BCUT2D eigenvalue weighted by Gasteiger charge is 2.16. The molecular weight excluding hydrogens is 386 g/mol. The molecule has 0 aromatic heterocycles. The third-order valence-electron chi connectivity index (χ3n) is 4.75. The van der Waals surface area contributed by atoms with Gasteiger partial charge >= 0.3 is 0 Å². The molecule has 0 aliphatic heterocycles. The second kappa shape index (κ2) is 7.86. The van der Waals surface area contributed by atoms with Crippen molar-refractivity contribution < 1.29 is 14.6 Å². The Kier molecular flexibility index (Phi) is 5.10. The van der Waals surface area contributed by atoms with Crippen molar-refractivity contribution in [2.24, 2.45) is 0 Å². The van der Waals surface area contributed by atoms with E-state index in [0.29, 0.717) is 21.8 Å². The summed E-state index contributed by atoms with van der Waals surface area (Å²) in [5.41, 5.74) is 2.47. The Balaban J connectivity index is 1.87. The van der Waals surface area contributed by atoms with E-state index < -0.39 is 0 Å². The minimum atomic E-state index is -0.258. The van der Waals surface area contributed by atoms with Crippen LogP contribution < -0.4 is 10.1 Å². The molecule has 0 saturated carbocycles. The number of hydrogen-bond acceptors (Lipinski definition) is 3. The highest BCUT2D eigenvalue weighted by Crippen LogP contribution is 2.40. The second-order valence-corrected chi connectivity index (χ2v) is 6.99. The molecule has 0 unspecified atom stereocenters. The lowest BCUT2D eigenvalue weighted by atomic mass is 9.95. The summed E-state index contributed by atoms with van der Waals surface area (Å²) >= 11 is 5.92. The Morgan fingerprint density at radius 2 is 1.72 bits per heavy atom. The molecule has 0 atom stereocenters. The quantitative estimate of drug-likeness (QED) is 0.431. The van der Waals surface area contributed by atoms with Gasteiger partial charge in [0.25, 0.3) is 5.91 Å². The Labute approximate surface area is 173 Å². The third kappa shape index (κ3) is 3.75. The van der Waals surface area contributed by atoms with Crippen molar-refractivity contribution in [2.75, 3.05) is 12.4 Å². The van der Waals surface area contributed by atoms with Crippen molar-refractivity contribution in [1.82, 2.24) is 0 Å². The van der Waals surface area contributed by atoms with E-state index >= 15 is 0 Å². The highest BCUT2D eigenvalue weighted by molar-refractivity contribution is 6.30. The molecule has 1 amide bonds. The molecule has 0 saturated heterocycles. The van der Waals surface area contributed by atoms with Crippen LogP contribution in [0.4, 0.5) is 5.69 Å². The number of aromatic hydroxyl groups is 1. The van der Waals surface area contributed by atoms with E-state index in [4.69, 9.17) is 16.3 Å². The zero-order valence-corrected chi connectivity index (χ0v) is 16.4. The van der Waals surface area contributed by atoms with Crippen LogP contribution in [0, 0.1) is 0 Å². The molecule has 0 fully saturated rings. The van der Waals surface area contributed by atoms with E-state index in [9.17, 15) is 9.90 Å². The first-order chi connectivity index (χ1) is 14.1. The van der Waals surface area contributed by atoms with Crippen LogP contribution in [0.15, 0.2) is 78.9 Å². The van der Waals surface area contributed by atoms with E-state index in [2.05, 4.69) is 5.32 Å². The molecule has 2 N–H and O–H groups in total. The molecule has 0 radical (unpaired) electrons. The van der Waals surface area contributed by atoms with Crippen LogP contribution >= 0.6 is 11.6 Å². The summed E-state index contributed by atoms with van der Waals surface area (Å²) in [6.07, 6.45) is 0. The van der Waals surface area contributed by atoms with E-state index in [1.807, 2.05) is 42.5 Å². The lowest BCUT2D eigenvalue weighted by Crippen LogP contribution is -2.12. The number of methoxy groups -OCH3 is 1. The van der Waals surface area contributed by atoms with Gasteiger partial charge < -0.3 is 15.2 Å². The molecule has 4 nitrogen and oxygen atoms in total. The number of amides is 1. The van der Waals surface area contributed by atoms with Crippen molar-refractivity contribution in [3.8, 4) is 22.6 Å². The van der Waals surface area contributed by atoms with Gasteiger partial charge in [-0.05, 0) is 65.4 Å². The number of ether oxygens (including phenoxy) is 1. The molecule has 0 aliphatic carbocycles. The van der Waals surface area contributed by atoms with Crippen LogP contribution in [0.3, 0.4) is 0 Å². The SMILES string of the molecule is COc1ccc2c(-c3ccccc3O)c(NC(=O)c3ccc(Cl)cc3)ccc2c1. The normalized spacial score (nSPS) is 10.7. The predicted molar refractivity (Wildman–Crippen MR) is 117 cm³/mol. The Hall–Kier alpha value is -3.50. The van der Waals surface area contributed by atoms with Crippen LogP contribution in [0.1, 0.15) is 10.4 Å². The Morgan fingerprint density at radius 1 is 0.966 bits per heavy atom. The van der Waals surface area contributed by atoms with Crippen molar-refractivity contribution in [3.05, 3.63) is 89.4 Å². The molecular formula is C24H18ClNO3. The molecule has 0 aliphatic rings. The van der Waals surface area contributed by atoms with Crippen LogP contribution in [-0.2, 0) is 0 Å². The number of benzene rings is 4. The fraction of sp³-hybridized carbons (Fsp3) is 0.0417. The van der Waals surface area contributed by atoms with Crippen molar-refractivity contribution in [3.63, 3.8) is 0 Å². The molecule has 0 bridgehead atoms. The topological polar surface area (TPSA) is 58.6 Å². The van der Waals surface area contributed by atoms with E-state index in [1.165, 1.54) is 0 Å². The molecule has 4 rings (SSSR count). The smallest absolute Gasteiger partial charge is 0.255 e. The molecule has 144 valence electrons. The average Bonchev–Trinajstić information content (AvgIpc) is 2.74. The number of nitrogens with one attached hydrogen (secondary N) is 1. The summed E-state index contributed by atoms with van der Waals surface area (Å²) in [5.74, 6) is 0.614. The van der Waals surface area contributed by atoms with Gasteiger partial charge in [0.05, 0.1) is 7.11 Å². The number of fused-ring (bicyclic) bond motifs is 1. The van der Waals surface area contributed by atoms with Gasteiger partial charge in [0.15, 0.2) is 0 Å². The fourth-order valence-corrected chi connectivity index (χ4v) is 3.44. The first-order valence-electron chi connectivity index (χ1n) is 9.03. The van der Waals surface area contributed by atoms with E-state index in [0.717, 1.165) is 22.1 Å². The van der Waals surface area contributed by atoms with E-state index in [1.54, 1.807) is 43.5 Å². The van der Waals surface area contributed by atoms with Crippen molar-refractivity contribution in [2.45, 2.75) is 0 Å². The minimum absolute atomic E-state index is 0.137. The number of carbonyl (C=O) groups is 1. The van der Waals surface area contributed by atoms with Crippen molar-refractivity contribution in [1.29, 1.82) is 0 Å². The molecule has 4 aromatic carbocycles. The summed E-state index contributed by atoms with van der Waals surface area (Å²) in [5, 5.41) is 15.8. The number of anilines is 1. The number of carbonyl (C=O) groups excluding carboxylic acids is 1. The zero-order valence-electron chi connectivity index (χ0n) is 15.6. The second-order valence-electron chi connectivity index (χ2n) is 6.55. The first-order valence-corrected chi connectivity index (χ1v) is 9.40. The van der Waals surface area contributed by atoms with Gasteiger partial charge in [-0.15, -0.1) is 0 Å². The lowest BCUT2D eigenvalue weighted by Gasteiger charge is -2.16. The summed E-state index contributed by atoms with van der Waals surface area (Å²) in [6, 6.07) is 23.2. The maximum absolute atomic E-state index is 12.8. The molecule has 0 spiro atoms. The third-order valence-corrected chi connectivity index (χ3v) is 5.01. The van der Waals surface area contributed by atoms with Gasteiger partial charge in [-0.3, -0.25) is 4.79 Å². The van der Waals surface area contributed by atoms with Gasteiger partial charge in [-0.1, -0.05) is 35.9 Å². The Bertz CT molecular complexity index is 1200. The molecule has 5 heteroatoms. The number of hydrogen-bond donors (Lipinski definition) is 2. The van der Waals surface area contributed by atoms with Crippen molar-refractivity contribution >= 4 is 34.0 Å². The maximum atomic E-state index is 12.8. The minimum Gasteiger partial charge on any atom is -0.507 e. The van der Waals surface area contributed by atoms with Gasteiger partial charge in [0, 0.05) is 27.4 Å². The van der Waals surface area contributed by atoms with Gasteiger partial charge in [-0.25, -0.2) is 0 Å². The van der Waals surface area contributed by atoms with Crippen LogP contribution in [0.5, 0.6) is 11.5 Å². The summed E-state index contributed by atoms with van der Waals surface area (Å²) in [7, 11) is 1.62. The maximum Gasteiger partial charge on any atom is 0.255 e. The van der Waals surface area contributed by atoms with Gasteiger partial charge in [-0.2, -0.15) is 0 Å². The highest BCUT2D eigenvalue weighted by atomic mass is 35.5. The van der Waals surface area contributed by atoms with Crippen LogP contribution in [0.2, 0.25) is 5.02 Å².